The summed E-state index contributed by atoms with van der Waals surface area (Å²) in [6.45, 7) is 5.42. The molecule has 1 saturated heterocycles. The van der Waals surface area contributed by atoms with Crippen molar-refractivity contribution in [2.24, 2.45) is 5.92 Å². The van der Waals surface area contributed by atoms with Crippen LogP contribution in [0.4, 0.5) is 5.13 Å². The molecule has 1 atom stereocenters. The Labute approximate surface area is 181 Å². The average molecular weight is 433 g/mol. The Hall–Kier alpha value is -2.00. The number of amides is 1. The molecule has 0 aromatic carbocycles. The van der Waals surface area contributed by atoms with Gasteiger partial charge in [0.05, 0.1) is 0 Å². The van der Waals surface area contributed by atoms with Gasteiger partial charge in [-0.2, -0.15) is 4.52 Å². The van der Waals surface area contributed by atoms with E-state index in [9.17, 15) is 9.59 Å². The molecule has 1 N–H and O–H groups in total. The summed E-state index contributed by atoms with van der Waals surface area (Å²) in [5.74, 6) is 0.239. The summed E-state index contributed by atoms with van der Waals surface area (Å²) in [7, 11) is 2.11. The molecule has 0 spiro atoms. The van der Waals surface area contributed by atoms with Crippen molar-refractivity contribution in [2.75, 3.05) is 38.1 Å². The number of carbonyl (C=O) groups is 1. The molecule has 8 nitrogen and oxygen atoms in total. The summed E-state index contributed by atoms with van der Waals surface area (Å²) in [5, 5.41) is 8.17. The third kappa shape index (κ3) is 4.67. The van der Waals surface area contributed by atoms with Crippen molar-refractivity contribution in [1.29, 1.82) is 0 Å². The van der Waals surface area contributed by atoms with Crippen LogP contribution < -0.4 is 15.8 Å². The highest BCUT2D eigenvalue weighted by molar-refractivity contribution is 7.20. The number of piperidine rings is 1. The van der Waals surface area contributed by atoms with Gasteiger partial charge in [-0.1, -0.05) is 37.5 Å². The molecule has 164 valence electrons. The second kappa shape index (κ2) is 9.43. The third-order valence-corrected chi connectivity index (χ3v) is 7.38. The summed E-state index contributed by atoms with van der Waals surface area (Å²) in [6, 6.07) is 0.602. The normalized spacial score (nSPS) is 20.8. The van der Waals surface area contributed by atoms with E-state index in [4.69, 9.17) is 0 Å². The Morgan fingerprint density at radius 3 is 2.83 bits per heavy atom. The Morgan fingerprint density at radius 1 is 1.27 bits per heavy atom. The van der Waals surface area contributed by atoms with Gasteiger partial charge in [-0.25, -0.2) is 4.98 Å². The largest absolute Gasteiger partial charge is 0.351 e. The number of nitrogens with zero attached hydrogens (tertiary/aromatic N) is 5. The van der Waals surface area contributed by atoms with Crippen LogP contribution in [-0.2, 0) is 0 Å². The lowest BCUT2D eigenvalue weighted by atomic mass is 9.94. The molecule has 2 aromatic heterocycles. The highest BCUT2D eigenvalue weighted by atomic mass is 32.1. The van der Waals surface area contributed by atoms with E-state index < -0.39 is 5.56 Å². The summed E-state index contributed by atoms with van der Waals surface area (Å²) in [6.07, 6.45) is 10.1. The molecule has 9 heteroatoms. The number of likely N-dealkylation sites (N-methyl/N-ethyl adjacent to an activating group) is 1. The second-order valence-corrected chi connectivity index (χ2v) is 9.71. The van der Waals surface area contributed by atoms with Crippen LogP contribution in [0.3, 0.4) is 0 Å². The van der Waals surface area contributed by atoms with Gasteiger partial charge in [0, 0.05) is 38.4 Å². The first-order valence-electron chi connectivity index (χ1n) is 11.1. The Bertz CT molecular complexity index is 935. The molecular weight excluding hydrogens is 400 g/mol. The fraction of sp³-hybridized carbons (Fsp3) is 0.714. The number of rotatable bonds is 6. The summed E-state index contributed by atoms with van der Waals surface area (Å²) < 4.78 is 1.28. The molecule has 1 amide bonds. The van der Waals surface area contributed by atoms with Gasteiger partial charge in [-0.15, -0.1) is 5.10 Å². The maximum Gasteiger partial charge on any atom is 0.288 e. The number of hydrogen-bond acceptors (Lipinski definition) is 7. The van der Waals surface area contributed by atoms with Gasteiger partial charge in [0.15, 0.2) is 0 Å². The molecule has 2 aliphatic rings. The third-order valence-electron chi connectivity index (χ3n) is 6.40. The minimum Gasteiger partial charge on any atom is -0.351 e. The van der Waals surface area contributed by atoms with Crippen LogP contribution in [0.5, 0.6) is 0 Å². The highest BCUT2D eigenvalue weighted by Gasteiger charge is 2.22. The summed E-state index contributed by atoms with van der Waals surface area (Å²) in [4.78, 5) is 34.9. The maximum absolute atomic E-state index is 12.9. The molecule has 1 aliphatic carbocycles. The van der Waals surface area contributed by atoms with E-state index in [1.807, 2.05) is 0 Å². The van der Waals surface area contributed by atoms with E-state index in [-0.39, 0.29) is 11.5 Å². The maximum atomic E-state index is 12.9. The standard InChI is InChI=1S/C21H32N6O2S/c1-15-7-6-11-26(14-15)21-24-27-19(29)17(13-23-20(27)30-21)18(28)22-10-12-25(2)16-8-4-3-5-9-16/h13,15-16H,3-12,14H2,1-2H3,(H,22,28)/t15-/m1/s1. The number of hydrogen-bond donors (Lipinski definition) is 1. The quantitative estimate of drug-likeness (QED) is 0.755. The number of fused-ring (bicyclic) bond motifs is 1. The first-order valence-corrected chi connectivity index (χ1v) is 12.0. The van der Waals surface area contributed by atoms with E-state index in [2.05, 4.69) is 39.2 Å². The molecule has 4 rings (SSSR count). The van der Waals surface area contributed by atoms with E-state index in [1.165, 1.54) is 60.6 Å². The number of carbonyl (C=O) groups excluding carboxylic acids is 1. The molecule has 30 heavy (non-hydrogen) atoms. The zero-order valence-corrected chi connectivity index (χ0v) is 18.8. The first kappa shape index (κ1) is 21.2. The Morgan fingerprint density at radius 2 is 2.07 bits per heavy atom. The van der Waals surface area contributed by atoms with Gasteiger partial charge in [-0.05, 0) is 38.6 Å². The molecule has 1 saturated carbocycles. The van der Waals surface area contributed by atoms with Gasteiger partial charge in [0.1, 0.15) is 5.56 Å². The molecule has 0 unspecified atom stereocenters. The van der Waals surface area contributed by atoms with Crippen LogP contribution in [0.25, 0.3) is 4.96 Å². The molecule has 3 heterocycles. The molecule has 0 radical (unpaired) electrons. The number of aromatic nitrogens is 3. The fourth-order valence-electron chi connectivity index (χ4n) is 4.57. The fourth-order valence-corrected chi connectivity index (χ4v) is 5.46. The zero-order valence-electron chi connectivity index (χ0n) is 18.0. The smallest absolute Gasteiger partial charge is 0.288 e. The topological polar surface area (TPSA) is 82.8 Å². The summed E-state index contributed by atoms with van der Waals surface area (Å²) >= 11 is 1.41. The van der Waals surface area contributed by atoms with E-state index in [0.29, 0.717) is 23.5 Å². The lowest BCUT2D eigenvalue weighted by Gasteiger charge is -2.31. The van der Waals surface area contributed by atoms with Gasteiger partial charge < -0.3 is 15.1 Å². The second-order valence-electron chi connectivity index (χ2n) is 8.78. The highest BCUT2D eigenvalue weighted by Crippen LogP contribution is 2.26. The van der Waals surface area contributed by atoms with Crippen LogP contribution in [0, 0.1) is 5.92 Å². The SMILES string of the molecule is C[C@@H]1CCCN(c2nn3c(=O)c(C(=O)NCCN(C)C4CCCCC4)cnc3s2)C1. The van der Waals surface area contributed by atoms with Crippen LogP contribution in [-0.4, -0.2) is 64.7 Å². The van der Waals surface area contributed by atoms with Gasteiger partial charge in [0.25, 0.3) is 11.5 Å². The lowest BCUT2D eigenvalue weighted by molar-refractivity contribution is 0.0942. The van der Waals surface area contributed by atoms with Gasteiger partial charge >= 0.3 is 0 Å². The summed E-state index contributed by atoms with van der Waals surface area (Å²) in [5.41, 5.74) is -0.345. The van der Waals surface area contributed by atoms with Crippen molar-refractivity contribution in [3.63, 3.8) is 0 Å². The molecule has 1 aliphatic heterocycles. The molecular formula is C21H32N6O2S. The van der Waals surface area contributed by atoms with Gasteiger partial charge in [-0.3, -0.25) is 9.59 Å². The molecule has 0 bridgehead atoms. The monoisotopic (exact) mass is 432 g/mol. The minimum atomic E-state index is -0.398. The van der Waals surface area contributed by atoms with Crippen molar-refractivity contribution >= 4 is 27.3 Å². The minimum absolute atomic E-state index is 0.0525. The van der Waals surface area contributed by atoms with Crippen molar-refractivity contribution in [1.82, 2.24) is 24.8 Å². The number of anilines is 1. The van der Waals surface area contributed by atoms with E-state index in [0.717, 1.165) is 31.2 Å². The Balaban J connectivity index is 1.40. The average Bonchev–Trinajstić information content (AvgIpc) is 3.20. The number of nitrogens with one attached hydrogen (secondary N) is 1. The van der Waals surface area contributed by atoms with E-state index >= 15 is 0 Å². The predicted octanol–water partition coefficient (Wildman–Crippen LogP) is 2.38. The van der Waals surface area contributed by atoms with Crippen LogP contribution >= 0.6 is 11.3 Å². The first-order chi connectivity index (χ1) is 14.5. The lowest BCUT2D eigenvalue weighted by Crippen LogP contribution is -2.40. The van der Waals surface area contributed by atoms with Gasteiger partial charge in [0.2, 0.25) is 10.1 Å². The van der Waals surface area contributed by atoms with Crippen molar-refractivity contribution in [3.05, 3.63) is 22.1 Å². The van der Waals surface area contributed by atoms with Crippen LogP contribution in [0.15, 0.2) is 11.0 Å². The van der Waals surface area contributed by atoms with Crippen molar-refractivity contribution < 1.29 is 4.79 Å². The van der Waals surface area contributed by atoms with Crippen molar-refractivity contribution in [3.8, 4) is 0 Å². The molecule has 2 aromatic rings. The Kier molecular flexibility index (Phi) is 6.67. The predicted molar refractivity (Wildman–Crippen MR) is 120 cm³/mol. The van der Waals surface area contributed by atoms with E-state index in [1.54, 1.807) is 0 Å². The van der Waals surface area contributed by atoms with Crippen LogP contribution in [0.2, 0.25) is 0 Å². The van der Waals surface area contributed by atoms with Crippen LogP contribution in [0.1, 0.15) is 62.2 Å². The zero-order chi connectivity index (χ0) is 21.1. The van der Waals surface area contributed by atoms with Crippen molar-refractivity contribution in [2.45, 2.75) is 57.9 Å². The molecule has 2 fully saturated rings.